The Balaban J connectivity index is 1.55. The summed E-state index contributed by atoms with van der Waals surface area (Å²) in [6, 6.07) is 7.80. The molecule has 3 heteroatoms. The first kappa shape index (κ1) is 16.5. The highest BCUT2D eigenvalue weighted by molar-refractivity contribution is 5.92. The number of phenols is 2. The fourth-order valence-electron chi connectivity index (χ4n) is 4.33. The van der Waals surface area contributed by atoms with Gasteiger partial charge in [-0.3, -0.25) is 0 Å². The van der Waals surface area contributed by atoms with Crippen LogP contribution in [0.15, 0.2) is 30.3 Å². The Hall–Kier alpha value is -2.68. The number of hydrogen-bond donors (Lipinski definition) is 2. The van der Waals surface area contributed by atoms with Crippen molar-refractivity contribution in [3.8, 4) is 17.2 Å². The van der Waals surface area contributed by atoms with Crippen LogP contribution in [0.1, 0.15) is 59.9 Å². The lowest BCUT2D eigenvalue weighted by Gasteiger charge is -2.26. The predicted octanol–water partition coefficient (Wildman–Crippen LogP) is 5.50. The van der Waals surface area contributed by atoms with Gasteiger partial charge in [-0.2, -0.15) is 0 Å². The topological polar surface area (TPSA) is 49.7 Å². The van der Waals surface area contributed by atoms with Crippen LogP contribution in [0.25, 0.3) is 17.7 Å². The molecule has 138 valence electrons. The minimum Gasteiger partial charge on any atom is -0.508 e. The Bertz CT molecular complexity index is 980. The maximum Gasteiger partial charge on any atom is 0.168 e. The lowest BCUT2D eigenvalue weighted by molar-refractivity contribution is 0.274. The van der Waals surface area contributed by atoms with E-state index in [1.807, 2.05) is 12.1 Å². The summed E-state index contributed by atoms with van der Waals surface area (Å²) in [4.78, 5) is 0. The number of allylic oxidation sites excluding steroid dienone is 1. The molecule has 1 saturated carbocycles. The van der Waals surface area contributed by atoms with Gasteiger partial charge in [0.05, 0.1) is 6.61 Å². The van der Waals surface area contributed by atoms with Crippen LogP contribution in [0.5, 0.6) is 17.2 Å². The number of aromatic hydroxyl groups is 2. The Morgan fingerprint density at radius 2 is 1.93 bits per heavy atom. The summed E-state index contributed by atoms with van der Waals surface area (Å²) in [7, 11) is 0. The highest BCUT2D eigenvalue weighted by atomic mass is 16.5. The molecule has 0 saturated heterocycles. The first-order valence-corrected chi connectivity index (χ1v) is 9.83. The third kappa shape index (κ3) is 2.82. The Kier molecular flexibility index (Phi) is 3.78. The van der Waals surface area contributed by atoms with Crippen molar-refractivity contribution in [1.29, 1.82) is 0 Å². The van der Waals surface area contributed by atoms with Crippen LogP contribution in [-0.2, 0) is 6.42 Å². The van der Waals surface area contributed by atoms with Crippen LogP contribution < -0.4 is 4.74 Å². The maximum absolute atomic E-state index is 10.5. The second-order valence-electron chi connectivity index (χ2n) is 8.14. The highest BCUT2D eigenvalue weighted by Crippen LogP contribution is 2.45. The van der Waals surface area contributed by atoms with E-state index in [1.54, 1.807) is 6.07 Å². The van der Waals surface area contributed by atoms with E-state index in [1.165, 1.54) is 36.0 Å². The van der Waals surface area contributed by atoms with Crippen molar-refractivity contribution in [3.63, 3.8) is 0 Å². The van der Waals surface area contributed by atoms with Crippen molar-refractivity contribution in [2.24, 2.45) is 5.92 Å². The lowest BCUT2D eigenvalue weighted by atomic mass is 9.79. The van der Waals surface area contributed by atoms with E-state index in [9.17, 15) is 10.2 Å². The van der Waals surface area contributed by atoms with Gasteiger partial charge in [0.15, 0.2) is 11.5 Å². The van der Waals surface area contributed by atoms with E-state index in [0.29, 0.717) is 29.9 Å². The summed E-state index contributed by atoms with van der Waals surface area (Å²) in [5.74, 6) is 2.03. The number of ether oxygens (including phenoxy) is 1. The number of fused-ring (bicyclic) bond motifs is 3. The molecule has 5 rings (SSSR count). The third-order valence-electron chi connectivity index (χ3n) is 6.11. The van der Waals surface area contributed by atoms with E-state index in [0.717, 1.165) is 23.1 Å². The number of hydrogen-bond acceptors (Lipinski definition) is 3. The number of rotatable bonds is 2. The molecule has 1 fully saturated rings. The normalized spacial score (nSPS) is 20.9. The SMILES string of the molecule is CC1C=Cc2c3c(cc(O)c2OC1)C=C(c1cc(O)cc(C2CCC2)c1)C3. The summed E-state index contributed by atoms with van der Waals surface area (Å²) in [5.41, 5.74) is 6.72. The average molecular weight is 360 g/mol. The van der Waals surface area contributed by atoms with E-state index in [2.05, 4.69) is 31.2 Å². The molecule has 3 aliphatic rings. The van der Waals surface area contributed by atoms with Crippen LogP contribution in [0.2, 0.25) is 0 Å². The van der Waals surface area contributed by atoms with Gasteiger partial charge in [0.25, 0.3) is 0 Å². The standard InChI is InChI=1S/C24H24O3/c1-14-5-6-21-22-11-18(8-19(22)12-23(26)24(21)27-13-14)17-7-16(9-20(25)10-17)15-3-2-4-15/h5-10,12,14-15,25-26H,2-4,11,13H2,1H3. The monoisotopic (exact) mass is 360 g/mol. The average Bonchev–Trinajstić information content (AvgIpc) is 2.89. The first-order chi connectivity index (χ1) is 13.1. The number of benzene rings is 2. The van der Waals surface area contributed by atoms with Gasteiger partial charge in [-0.1, -0.05) is 37.6 Å². The molecule has 1 unspecified atom stereocenters. The Morgan fingerprint density at radius 3 is 2.70 bits per heavy atom. The smallest absolute Gasteiger partial charge is 0.168 e. The van der Waals surface area contributed by atoms with E-state index < -0.39 is 0 Å². The lowest BCUT2D eigenvalue weighted by Crippen LogP contribution is -2.08. The number of phenolic OH excluding ortho intramolecular Hbond substituents is 2. The third-order valence-corrected chi connectivity index (χ3v) is 6.11. The summed E-state index contributed by atoms with van der Waals surface area (Å²) in [6.07, 6.45) is 10.9. The van der Waals surface area contributed by atoms with Crippen LogP contribution in [-0.4, -0.2) is 16.8 Å². The van der Waals surface area contributed by atoms with Gasteiger partial charge < -0.3 is 14.9 Å². The van der Waals surface area contributed by atoms with Gasteiger partial charge in [-0.25, -0.2) is 0 Å². The molecule has 1 atom stereocenters. The Morgan fingerprint density at radius 1 is 1.07 bits per heavy atom. The zero-order valence-electron chi connectivity index (χ0n) is 15.5. The fourth-order valence-corrected chi connectivity index (χ4v) is 4.33. The molecule has 0 bridgehead atoms. The summed E-state index contributed by atoms with van der Waals surface area (Å²) < 4.78 is 5.87. The van der Waals surface area contributed by atoms with Crippen LogP contribution in [0, 0.1) is 5.92 Å². The van der Waals surface area contributed by atoms with Gasteiger partial charge in [-0.15, -0.1) is 0 Å². The van der Waals surface area contributed by atoms with Crippen molar-refractivity contribution < 1.29 is 14.9 Å². The molecule has 0 amide bonds. The van der Waals surface area contributed by atoms with Crippen LogP contribution >= 0.6 is 0 Å². The van der Waals surface area contributed by atoms with Crippen molar-refractivity contribution in [2.45, 2.75) is 38.5 Å². The van der Waals surface area contributed by atoms with E-state index in [-0.39, 0.29) is 5.75 Å². The molecule has 2 aromatic rings. The molecule has 0 radical (unpaired) electrons. The van der Waals surface area contributed by atoms with Gasteiger partial charge in [0.2, 0.25) is 0 Å². The molecule has 3 nitrogen and oxygen atoms in total. The molecule has 1 aliphatic heterocycles. The second kappa shape index (κ2) is 6.19. The minimum atomic E-state index is 0.200. The van der Waals surface area contributed by atoms with E-state index in [4.69, 9.17) is 4.74 Å². The van der Waals surface area contributed by atoms with Crippen molar-refractivity contribution in [2.75, 3.05) is 6.61 Å². The summed E-state index contributed by atoms with van der Waals surface area (Å²) in [6.45, 7) is 2.69. The maximum atomic E-state index is 10.5. The summed E-state index contributed by atoms with van der Waals surface area (Å²) >= 11 is 0. The van der Waals surface area contributed by atoms with Crippen molar-refractivity contribution >= 4 is 17.7 Å². The molecule has 0 spiro atoms. The van der Waals surface area contributed by atoms with Crippen LogP contribution in [0.4, 0.5) is 0 Å². The zero-order chi connectivity index (χ0) is 18.5. The second-order valence-corrected chi connectivity index (χ2v) is 8.14. The molecule has 2 aromatic carbocycles. The zero-order valence-corrected chi connectivity index (χ0v) is 15.5. The molecular formula is C24H24O3. The quantitative estimate of drug-likeness (QED) is 0.743. The molecule has 1 heterocycles. The van der Waals surface area contributed by atoms with E-state index >= 15 is 0 Å². The van der Waals surface area contributed by atoms with Crippen molar-refractivity contribution in [1.82, 2.24) is 0 Å². The highest BCUT2D eigenvalue weighted by Gasteiger charge is 2.26. The van der Waals surface area contributed by atoms with Crippen molar-refractivity contribution in [3.05, 3.63) is 58.2 Å². The van der Waals surface area contributed by atoms with Gasteiger partial charge >= 0.3 is 0 Å². The molecule has 2 aliphatic carbocycles. The molecular weight excluding hydrogens is 336 g/mol. The Labute approximate surface area is 159 Å². The predicted molar refractivity (Wildman–Crippen MR) is 108 cm³/mol. The van der Waals surface area contributed by atoms with Gasteiger partial charge in [-0.05, 0) is 71.2 Å². The molecule has 2 N–H and O–H groups in total. The summed E-state index contributed by atoms with van der Waals surface area (Å²) in [5, 5.41) is 20.7. The largest absolute Gasteiger partial charge is 0.508 e. The van der Waals surface area contributed by atoms with Gasteiger partial charge in [0, 0.05) is 11.5 Å². The fraction of sp³-hybridized carbons (Fsp3) is 0.333. The van der Waals surface area contributed by atoms with Gasteiger partial charge in [0.1, 0.15) is 5.75 Å². The van der Waals surface area contributed by atoms with Crippen LogP contribution in [0.3, 0.4) is 0 Å². The minimum absolute atomic E-state index is 0.200. The first-order valence-electron chi connectivity index (χ1n) is 9.83. The molecule has 27 heavy (non-hydrogen) atoms. The molecule has 0 aromatic heterocycles.